The zero-order valence-electron chi connectivity index (χ0n) is 20.6. The zero-order valence-corrected chi connectivity index (χ0v) is 21.4. The number of hydrogen-bond donors (Lipinski definition) is 3. The molecule has 1 fully saturated rings. The molecule has 198 valence electrons. The van der Waals surface area contributed by atoms with E-state index in [1.165, 1.54) is 10.7 Å². The van der Waals surface area contributed by atoms with Crippen LogP contribution in [0.25, 0.3) is 5.69 Å². The Morgan fingerprint density at radius 1 is 1.22 bits per heavy atom. The first-order valence-electron chi connectivity index (χ1n) is 12.0. The Morgan fingerprint density at radius 3 is 2.65 bits per heavy atom. The van der Waals surface area contributed by atoms with Gasteiger partial charge in [0.05, 0.1) is 30.1 Å². The maximum Gasteiger partial charge on any atom is 0.320 e. The van der Waals surface area contributed by atoms with Gasteiger partial charge in [-0.25, -0.2) is 18.3 Å². The van der Waals surface area contributed by atoms with Crippen LogP contribution in [0, 0.1) is 11.6 Å². The minimum Gasteiger partial charge on any atom is -0.393 e. The lowest BCUT2D eigenvalue weighted by atomic mass is 9.94. The average molecular weight is 534 g/mol. The summed E-state index contributed by atoms with van der Waals surface area (Å²) in [5, 5.41) is 20.4. The van der Waals surface area contributed by atoms with Crippen molar-refractivity contribution in [2.45, 2.75) is 31.4 Å². The molecule has 0 saturated carbocycles. The van der Waals surface area contributed by atoms with Gasteiger partial charge in [0, 0.05) is 39.1 Å². The molecule has 0 spiro atoms. The number of carbonyl (C=O) groups is 1. The number of methoxy groups -OCH3 is 1. The van der Waals surface area contributed by atoms with Gasteiger partial charge < -0.3 is 15.2 Å². The maximum absolute atomic E-state index is 14.0. The molecule has 2 aromatic carbocycles. The SMILES string of the molecule is COCCN1C[C@@H](NC(=O)Nc2c(Cl)c(CC(C)O)nn2-c2ccccc2)[C@H](c2ccc(F)c(F)c2)C1. The summed E-state index contributed by atoms with van der Waals surface area (Å²) in [6, 6.07) is 12.1. The molecule has 1 aliphatic rings. The second-order valence-electron chi connectivity index (χ2n) is 9.15. The van der Waals surface area contributed by atoms with Crippen molar-refractivity contribution in [3.05, 3.63) is 76.4 Å². The summed E-state index contributed by atoms with van der Waals surface area (Å²) in [6.07, 6.45) is -0.462. The highest BCUT2D eigenvalue weighted by Crippen LogP contribution is 2.31. The number of urea groups is 1. The Hall–Kier alpha value is -3.05. The highest BCUT2D eigenvalue weighted by molar-refractivity contribution is 6.34. The highest BCUT2D eigenvalue weighted by atomic mass is 35.5. The van der Waals surface area contributed by atoms with Gasteiger partial charge in [0.2, 0.25) is 0 Å². The minimum absolute atomic E-state index is 0.213. The number of para-hydroxylation sites is 1. The number of benzene rings is 2. The first kappa shape index (κ1) is 27.0. The van der Waals surface area contributed by atoms with Crippen LogP contribution in [0.15, 0.2) is 48.5 Å². The number of aliphatic hydroxyl groups excluding tert-OH is 1. The fourth-order valence-electron chi connectivity index (χ4n) is 4.55. The third-order valence-corrected chi connectivity index (χ3v) is 6.71. The van der Waals surface area contributed by atoms with E-state index in [9.17, 15) is 18.7 Å². The molecule has 0 bridgehead atoms. The highest BCUT2D eigenvalue weighted by Gasteiger charge is 2.35. The number of likely N-dealkylation sites (tertiary alicyclic amines) is 1. The Bertz CT molecular complexity index is 1220. The molecule has 3 aromatic rings. The molecule has 3 atom stereocenters. The molecule has 2 amide bonds. The average Bonchev–Trinajstić information content (AvgIpc) is 3.40. The van der Waals surface area contributed by atoms with Gasteiger partial charge in [0.15, 0.2) is 17.5 Å². The molecular formula is C26H30ClF2N5O3. The van der Waals surface area contributed by atoms with Crippen LogP contribution >= 0.6 is 11.6 Å². The first-order valence-corrected chi connectivity index (χ1v) is 12.4. The maximum atomic E-state index is 14.0. The standard InChI is InChI=1S/C26H30ClF2N5O3/c1-16(35)12-22-24(27)25(34(32-22)18-6-4-3-5-7-18)31-26(36)30-23-15-33(10-11-37-2)14-19(23)17-8-9-20(28)21(29)13-17/h3-9,13,16,19,23,35H,10-12,14-15H2,1-2H3,(H2,30,31,36)/t16?,19-,23+/m0/s1. The normalized spacial score (nSPS) is 18.6. The van der Waals surface area contributed by atoms with Crippen LogP contribution in [-0.2, 0) is 11.2 Å². The van der Waals surface area contributed by atoms with Crippen LogP contribution in [0.4, 0.5) is 19.4 Å². The van der Waals surface area contributed by atoms with Crippen molar-refractivity contribution < 1.29 is 23.4 Å². The fourth-order valence-corrected chi connectivity index (χ4v) is 4.79. The number of aromatic nitrogens is 2. The summed E-state index contributed by atoms with van der Waals surface area (Å²) < 4.78 is 34.3. The smallest absolute Gasteiger partial charge is 0.320 e. The number of rotatable bonds is 9. The predicted molar refractivity (Wildman–Crippen MR) is 137 cm³/mol. The van der Waals surface area contributed by atoms with Gasteiger partial charge in [-0.05, 0) is 36.8 Å². The quantitative estimate of drug-likeness (QED) is 0.387. The van der Waals surface area contributed by atoms with E-state index in [2.05, 4.69) is 20.6 Å². The van der Waals surface area contributed by atoms with E-state index in [1.54, 1.807) is 20.1 Å². The van der Waals surface area contributed by atoms with Crippen molar-refractivity contribution in [2.24, 2.45) is 0 Å². The Balaban J connectivity index is 1.57. The largest absolute Gasteiger partial charge is 0.393 e. The summed E-state index contributed by atoms with van der Waals surface area (Å²) >= 11 is 6.59. The van der Waals surface area contributed by atoms with Gasteiger partial charge in [0.25, 0.3) is 0 Å². The third-order valence-electron chi connectivity index (χ3n) is 6.31. The van der Waals surface area contributed by atoms with Gasteiger partial charge in [-0.2, -0.15) is 5.10 Å². The van der Waals surface area contributed by atoms with Crippen LogP contribution in [-0.4, -0.2) is 71.3 Å². The van der Waals surface area contributed by atoms with Crippen molar-refractivity contribution >= 4 is 23.4 Å². The number of anilines is 1. The van der Waals surface area contributed by atoms with E-state index < -0.39 is 23.8 Å². The van der Waals surface area contributed by atoms with Crippen molar-refractivity contribution in [3.8, 4) is 5.69 Å². The molecule has 4 rings (SSSR count). The lowest BCUT2D eigenvalue weighted by Gasteiger charge is -2.21. The number of halogens is 3. The topological polar surface area (TPSA) is 91.7 Å². The third kappa shape index (κ3) is 6.45. The molecule has 1 aliphatic heterocycles. The molecule has 37 heavy (non-hydrogen) atoms. The number of amides is 2. The van der Waals surface area contributed by atoms with Gasteiger partial charge in [0.1, 0.15) is 5.02 Å². The monoisotopic (exact) mass is 533 g/mol. The predicted octanol–water partition coefficient (Wildman–Crippen LogP) is 3.96. The van der Waals surface area contributed by atoms with Crippen molar-refractivity contribution in [1.82, 2.24) is 20.0 Å². The van der Waals surface area contributed by atoms with E-state index in [1.807, 2.05) is 30.3 Å². The first-order chi connectivity index (χ1) is 17.8. The number of aliphatic hydroxyl groups is 1. The van der Waals surface area contributed by atoms with Gasteiger partial charge in [-0.1, -0.05) is 35.9 Å². The van der Waals surface area contributed by atoms with Crippen LogP contribution in [0.1, 0.15) is 24.1 Å². The number of nitrogens with zero attached hydrogens (tertiary/aromatic N) is 3. The Labute approximate surface area is 219 Å². The molecule has 2 heterocycles. The molecular weight excluding hydrogens is 504 g/mol. The lowest BCUT2D eigenvalue weighted by molar-refractivity contribution is 0.159. The molecule has 11 heteroatoms. The molecule has 8 nitrogen and oxygen atoms in total. The van der Waals surface area contributed by atoms with Crippen LogP contribution in [0.2, 0.25) is 5.02 Å². The van der Waals surface area contributed by atoms with Crippen LogP contribution in [0.5, 0.6) is 0 Å². The summed E-state index contributed by atoms with van der Waals surface area (Å²) in [5.74, 6) is -1.85. The summed E-state index contributed by atoms with van der Waals surface area (Å²) in [7, 11) is 1.61. The summed E-state index contributed by atoms with van der Waals surface area (Å²) in [6.45, 7) is 3.80. The Morgan fingerprint density at radius 2 is 1.97 bits per heavy atom. The van der Waals surface area contributed by atoms with Crippen LogP contribution < -0.4 is 10.6 Å². The number of carbonyl (C=O) groups excluding carboxylic acids is 1. The van der Waals surface area contributed by atoms with Crippen molar-refractivity contribution in [2.75, 3.05) is 38.7 Å². The molecule has 0 aliphatic carbocycles. The van der Waals surface area contributed by atoms with Gasteiger partial charge >= 0.3 is 6.03 Å². The zero-order chi connectivity index (χ0) is 26.5. The molecule has 1 aromatic heterocycles. The number of hydrogen-bond acceptors (Lipinski definition) is 5. The van der Waals surface area contributed by atoms with Gasteiger partial charge in [-0.3, -0.25) is 10.2 Å². The van der Waals surface area contributed by atoms with Crippen molar-refractivity contribution in [1.29, 1.82) is 0 Å². The second kappa shape index (κ2) is 12.0. The van der Waals surface area contributed by atoms with E-state index in [-0.39, 0.29) is 29.2 Å². The minimum atomic E-state index is -0.930. The molecule has 3 N–H and O–H groups in total. The Kier molecular flexibility index (Phi) is 8.75. The van der Waals surface area contributed by atoms with Gasteiger partial charge in [-0.15, -0.1) is 0 Å². The lowest BCUT2D eigenvalue weighted by Crippen LogP contribution is -2.42. The second-order valence-corrected chi connectivity index (χ2v) is 9.53. The molecule has 1 saturated heterocycles. The molecule has 1 unspecified atom stereocenters. The molecule has 0 radical (unpaired) electrons. The number of nitrogens with one attached hydrogen (secondary N) is 2. The number of ether oxygens (including phenoxy) is 1. The van der Waals surface area contributed by atoms with Crippen LogP contribution in [0.3, 0.4) is 0 Å². The van der Waals surface area contributed by atoms with Crippen molar-refractivity contribution in [3.63, 3.8) is 0 Å². The summed E-state index contributed by atoms with van der Waals surface area (Å²) in [5.41, 5.74) is 1.72. The van der Waals surface area contributed by atoms with E-state index in [0.29, 0.717) is 43.2 Å². The van der Waals surface area contributed by atoms with E-state index >= 15 is 0 Å². The van der Waals surface area contributed by atoms with E-state index in [0.717, 1.165) is 6.07 Å². The summed E-state index contributed by atoms with van der Waals surface area (Å²) in [4.78, 5) is 15.3. The van der Waals surface area contributed by atoms with E-state index in [4.69, 9.17) is 16.3 Å². The fraction of sp³-hybridized carbons (Fsp3) is 0.385.